The fourth-order valence-corrected chi connectivity index (χ4v) is 4.12. The van der Waals surface area contributed by atoms with Crippen molar-refractivity contribution >= 4 is 17.2 Å². The second kappa shape index (κ2) is 8.54. The normalized spacial score (nSPS) is 10.9. The molecule has 3 heterocycles. The molecule has 1 aromatic carbocycles. The largest absolute Gasteiger partial charge is 0.497 e. The van der Waals surface area contributed by atoms with Gasteiger partial charge in [0.1, 0.15) is 11.5 Å². The summed E-state index contributed by atoms with van der Waals surface area (Å²) in [6.45, 7) is 4.72. The molecule has 0 saturated heterocycles. The Labute approximate surface area is 178 Å². The van der Waals surface area contributed by atoms with Crippen molar-refractivity contribution in [2.45, 2.75) is 26.9 Å². The maximum absolute atomic E-state index is 13.4. The minimum absolute atomic E-state index is 0.191. The highest BCUT2D eigenvalue weighted by molar-refractivity contribution is 7.11. The van der Waals surface area contributed by atoms with Gasteiger partial charge in [0.25, 0.3) is 5.91 Å². The predicted octanol–water partition coefficient (Wildman–Crippen LogP) is 4.39. The number of carbonyl (C=O) groups excluding carboxylic acids is 1. The summed E-state index contributed by atoms with van der Waals surface area (Å²) in [6, 6.07) is 15.3. The lowest BCUT2D eigenvalue weighted by molar-refractivity contribution is 0.0712. The van der Waals surface area contributed by atoms with Gasteiger partial charge in [-0.3, -0.25) is 4.79 Å². The van der Waals surface area contributed by atoms with Gasteiger partial charge in [0.15, 0.2) is 5.69 Å². The number of carbonyl (C=O) groups is 1. The molecule has 154 valence electrons. The number of furan rings is 1. The summed E-state index contributed by atoms with van der Waals surface area (Å²) in [7, 11) is 1.61. The van der Waals surface area contributed by atoms with Crippen molar-refractivity contribution in [2.24, 2.45) is 0 Å². The Morgan fingerprint density at radius 3 is 2.73 bits per heavy atom. The fourth-order valence-electron chi connectivity index (χ4n) is 3.21. The van der Waals surface area contributed by atoms with Gasteiger partial charge in [0.2, 0.25) is 0 Å². The molecule has 4 aromatic rings. The number of ether oxygens (including phenoxy) is 1. The summed E-state index contributed by atoms with van der Waals surface area (Å²) in [6.07, 6.45) is 1.61. The summed E-state index contributed by atoms with van der Waals surface area (Å²) in [5.41, 5.74) is 1.77. The van der Waals surface area contributed by atoms with Crippen LogP contribution < -0.4 is 4.74 Å². The average molecular weight is 423 g/mol. The van der Waals surface area contributed by atoms with E-state index in [0.717, 1.165) is 16.3 Å². The number of hydrogen-bond donors (Lipinski definition) is 0. The maximum atomic E-state index is 13.4. The molecular weight excluding hydrogens is 400 g/mol. The lowest BCUT2D eigenvalue weighted by Crippen LogP contribution is -2.30. The molecule has 1 amide bonds. The summed E-state index contributed by atoms with van der Waals surface area (Å²) < 4.78 is 12.4. The van der Waals surface area contributed by atoms with Crippen LogP contribution >= 0.6 is 11.3 Å². The van der Waals surface area contributed by atoms with Crippen molar-refractivity contribution in [1.29, 1.82) is 0 Å². The third-order valence-corrected chi connectivity index (χ3v) is 5.74. The van der Waals surface area contributed by atoms with Gasteiger partial charge in [-0.15, -0.1) is 16.4 Å². The average Bonchev–Trinajstić information content (AvgIpc) is 3.49. The number of thiophene rings is 1. The zero-order valence-corrected chi connectivity index (χ0v) is 17.8. The number of methoxy groups -OCH3 is 1. The first-order valence-electron chi connectivity index (χ1n) is 9.49. The van der Waals surface area contributed by atoms with Crippen LogP contribution in [-0.2, 0) is 13.1 Å². The topological polar surface area (TPSA) is 73.4 Å². The van der Waals surface area contributed by atoms with Crippen LogP contribution in [0.3, 0.4) is 0 Å². The van der Waals surface area contributed by atoms with Crippen molar-refractivity contribution in [1.82, 2.24) is 19.9 Å². The third-order valence-electron chi connectivity index (χ3n) is 4.75. The van der Waals surface area contributed by atoms with Crippen LogP contribution in [0.1, 0.15) is 31.7 Å². The summed E-state index contributed by atoms with van der Waals surface area (Å²) in [5.74, 6) is 1.24. The zero-order valence-electron chi connectivity index (χ0n) is 17.0. The molecule has 0 atom stereocenters. The molecule has 0 radical (unpaired) electrons. The van der Waals surface area contributed by atoms with Crippen molar-refractivity contribution in [3.63, 3.8) is 0 Å². The molecule has 0 aliphatic carbocycles. The molecule has 0 saturated carbocycles. The second-order valence-electron chi connectivity index (χ2n) is 6.89. The number of aryl methyl sites for hydroxylation is 1. The molecule has 0 aliphatic heterocycles. The summed E-state index contributed by atoms with van der Waals surface area (Å²) in [4.78, 5) is 17.5. The number of hydrogen-bond acceptors (Lipinski definition) is 6. The second-order valence-corrected chi connectivity index (χ2v) is 8.26. The van der Waals surface area contributed by atoms with E-state index in [-0.39, 0.29) is 5.91 Å². The van der Waals surface area contributed by atoms with Crippen LogP contribution in [0.15, 0.2) is 59.2 Å². The minimum Gasteiger partial charge on any atom is -0.497 e. The van der Waals surface area contributed by atoms with Crippen molar-refractivity contribution < 1.29 is 13.9 Å². The lowest BCUT2D eigenvalue weighted by atomic mass is 10.2. The zero-order chi connectivity index (χ0) is 21.1. The van der Waals surface area contributed by atoms with Crippen molar-refractivity contribution in [3.8, 4) is 11.4 Å². The maximum Gasteiger partial charge on any atom is 0.277 e. The standard InChI is InChI=1S/C22H22N4O3S/c1-15-9-10-20(30-15)14-25(13-19-8-5-11-29-19)22(27)21-16(2)26(24-23-21)17-6-4-7-18(12-17)28-3/h4-12H,13-14H2,1-3H3. The predicted molar refractivity (Wildman–Crippen MR) is 114 cm³/mol. The summed E-state index contributed by atoms with van der Waals surface area (Å²) >= 11 is 1.67. The number of amides is 1. The van der Waals surface area contributed by atoms with Crippen LogP contribution in [0.4, 0.5) is 0 Å². The van der Waals surface area contributed by atoms with E-state index < -0.39 is 0 Å². The SMILES string of the molecule is COc1cccc(-n2nnc(C(=O)N(Cc3ccco3)Cc3ccc(C)s3)c2C)c1. The van der Waals surface area contributed by atoms with Gasteiger partial charge in [-0.2, -0.15) is 0 Å². The monoisotopic (exact) mass is 422 g/mol. The first-order valence-corrected chi connectivity index (χ1v) is 10.3. The Morgan fingerprint density at radius 1 is 1.17 bits per heavy atom. The molecule has 8 heteroatoms. The number of aromatic nitrogens is 3. The van der Waals surface area contributed by atoms with E-state index in [1.807, 2.05) is 49.4 Å². The first-order chi connectivity index (χ1) is 14.5. The van der Waals surface area contributed by atoms with E-state index in [0.29, 0.717) is 30.2 Å². The number of rotatable bonds is 7. The highest BCUT2D eigenvalue weighted by Crippen LogP contribution is 2.22. The molecule has 30 heavy (non-hydrogen) atoms. The van der Waals surface area contributed by atoms with E-state index in [2.05, 4.69) is 23.3 Å². The third kappa shape index (κ3) is 4.13. The van der Waals surface area contributed by atoms with Crippen LogP contribution in [-0.4, -0.2) is 32.9 Å². The van der Waals surface area contributed by atoms with Gasteiger partial charge in [-0.1, -0.05) is 11.3 Å². The molecule has 0 fully saturated rings. The van der Waals surface area contributed by atoms with Crippen LogP contribution in [0.2, 0.25) is 0 Å². The van der Waals surface area contributed by atoms with Gasteiger partial charge in [-0.25, -0.2) is 4.68 Å². The number of benzene rings is 1. The molecule has 4 rings (SSSR count). The molecule has 0 aliphatic rings. The van der Waals surface area contributed by atoms with Crippen molar-refractivity contribution in [3.05, 3.63) is 81.7 Å². The van der Waals surface area contributed by atoms with Crippen LogP contribution in [0, 0.1) is 13.8 Å². The van der Waals surface area contributed by atoms with Crippen LogP contribution in [0.5, 0.6) is 5.75 Å². The molecule has 7 nitrogen and oxygen atoms in total. The Kier molecular flexibility index (Phi) is 5.67. The van der Waals surface area contributed by atoms with Gasteiger partial charge in [0.05, 0.1) is 37.8 Å². The Hall–Kier alpha value is -3.39. The molecule has 3 aromatic heterocycles. The number of nitrogens with zero attached hydrogens (tertiary/aromatic N) is 4. The van der Waals surface area contributed by atoms with Crippen molar-refractivity contribution in [2.75, 3.05) is 7.11 Å². The van der Waals surface area contributed by atoms with Crippen LogP contribution in [0.25, 0.3) is 5.69 Å². The Morgan fingerprint density at radius 2 is 2.03 bits per heavy atom. The van der Waals surface area contributed by atoms with Gasteiger partial charge < -0.3 is 14.1 Å². The molecule has 0 spiro atoms. The van der Waals surface area contributed by atoms with E-state index in [4.69, 9.17) is 9.15 Å². The fraction of sp³-hybridized carbons (Fsp3) is 0.227. The van der Waals surface area contributed by atoms with E-state index in [9.17, 15) is 4.79 Å². The van der Waals surface area contributed by atoms with Gasteiger partial charge in [0, 0.05) is 15.8 Å². The first kappa shape index (κ1) is 19.9. The quantitative estimate of drug-likeness (QED) is 0.442. The Bertz CT molecular complexity index is 1150. The van der Waals surface area contributed by atoms with E-state index in [1.54, 1.807) is 34.3 Å². The smallest absolute Gasteiger partial charge is 0.277 e. The molecule has 0 N–H and O–H groups in total. The minimum atomic E-state index is -0.191. The van der Waals surface area contributed by atoms with Gasteiger partial charge in [-0.05, 0) is 50.2 Å². The highest BCUT2D eigenvalue weighted by Gasteiger charge is 2.24. The van der Waals surface area contributed by atoms with E-state index in [1.165, 1.54) is 4.88 Å². The molecular formula is C22H22N4O3S. The summed E-state index contributed by atoms with van der Waals surface area (Å²) in [5, 5.41) is 8.41. The molecule has 0 bridgehead atoms. The lowest BCUT2D eigenvalue weighted by Gasteiger charge is -2.20. The van der Waals surface area contributed by atoms with Gasteiger partial charge >= 0.3 is 0 Å². The highest BCUT2D eigenvalue weighted by atomic mass is 32.1. The Balaban J connectivity index is 1.64. The van der Waals surface area contributed by atoms with E-state index >= 15 is 0 Å². The molecule has 0 unspecified atom stereocenters.